The lowest BCUT2D eigenvalue weighted by Gasteiger charge is -2.12. The normalized spacial score (nSPS) is 13.2. The van der Waals surface area contributed by atoms with Gasteiger partial charge in [-0.05, 0) is 26.0 Å². The molecule has 1 aliphatic rings. The van der Waals surface area contributed by atoms with Crippen LogP contribution in [0.4, 0.5) is 6.01 Å². The van der Waals surface area contributed by atoms with Crippen molar-refractivity contribution in [2.45, 2.75) is 13.8 Å². The summed E-state index contributed by atoms with van der Waals surface area (Å²) in [5.41, 5.74) is 1.32. The fourth-order valence-corrected chi connectivity index (χ4v) is 3.62. The molecule has 4 rings (SSSR count). The molecule has 0 aliphatic carbocycles. The number of nitrogens with one attached hydrogen (secondary N) is 1. The zero-order valence-electron chi connectivity index (χ0n) is 14.3. The smallest absolute Gasteiger partial charge is 0.322 e. The maximum atomic E-state index is 12.3. The van der Waals surface area contributed by atoms with Gasteiger partial charge in [-0.3, -0.25) is 24.6 Å². The molecule has 0 atom stereocenters. The molecule has 9 nitrogen and oxygen atoms in total. The van der Waals surface area contributed by atoms with Crippen molar-refractivity contribution in [2.24, 2.45) is 0 Å². The van der Waals surface area contributed by atoms with Gasteiger partial charge < -0.3 is 4.42 Å². The topological polar surface area (TPSA) is 118 Å². The van der Waals surface area contributed by atoms with Crippen LogP contribution in [0.25, 0.3) is 10.8 Å². The minimum atomic E-state index is -0.614. The Morgan fingerprint density at radius 1 is 1.15 bits per heavy atom. The quantitative estimate of drug-likeness (QED) is 0.685. The molecule has 0 saturated carbocycles. The Kier molecular flexibility index (Phi) is 4.04. The van der Waals surface area contributed by atoms with Crippen LogP contribution in [0.1, 0.15) is 31.4 Å². The van der Waals surface area contributed by atoms with E-state index in [-0.39, 0.29) is 23.0 Å². The zero-order chi connectivity index (χ0) is 19.1. The molecule has 3 heterocycles. The average Bonchev–Trinajstić information content (AvgIpc) is 3.29. The van der Waals surface area contributed by atoms with E-state index in [9.17, 15) is 14.4 Å². The van der Waals surface area contributed by atoms with Gasteiger partial charge in [-0.1, -0.05) is 17.2 Å². The van der Waals surface area contributed by atoms with Crippen molar-refractivity contribution >= 4 is 35.1 Å². The van der Waals surface area contributed by atoms with Gasteiger partial charge in [0.1, 0.15) is 11.4 Å². The van der Waals surface area contributed by atoms with Gasteiger partial charge in [0.2, 0.25) is 5.91 Å². The molecule has 0 bridgehead atoms. The lowest BCUT2D eigenvalue weighted by molar-refractivity contribution is -0.116. The second-order valence-electron chi connectivity index (χ2n) is 5.85. The van der Waals surface area contributed by atoms with Crippen LogP contribution in [-0.4, -0.2) is 44.3 Å². The van der Waals surface area contributed by atoms with Crippen LogP contribution < -0.4 is 5.32 Å². The SMILES string of the molecule is Cc1nc(C)c(-c2nnc(NC(=O)CN3C(=O)c4ccccc4C3=O)o2)s1. The van der Waals surface area contributed by atoms with Crippen molar-refractivity contribution in [1.29, 1.82) is 0 Å². The molecule has 3 amide bonds. The second kappa shape index (κ2) is 6.40. The minimum Gasteiger partial charge on any atom is -0.402 e. The Labute approximate surface area is 157 Å². The minimum absolute atomic E-state index is 0.114. The van der Waals surface area contributed by atoms with E-state index in [1.54, 1.807) is 24.3 Å². The van der Waals surface area contributed by atoms with Crippen LogP contribution in [0.3, 0.4) is 0 Å². The largest absolute Gasteiger partial charge is 0.402 e. The van der Waals surface area contributed by atoms with Gasteiger partial charge in [0.25, 0.3) is 17.7 Å². The summed E-state index contributed by atoms with van der Waals surface area (Å²) >= 11 is 1.40. The Hall–Kier alpha value is -3.40. The number of thiazole rings is 1. The van der Waals surface area contributed by atoms with E-state index in [2.05, 4.69) is 20.5 Å². The van der Waals surface area contributed by atoms with Crippen LogP contribution >= 0.6 is 11.3 Å². The molecule has 1 aliphatic heterocycles. The molecule has 0 fully saturated rings. The highest BCUT2D eigenvalue weighted by Gasteiger charge is 2.36. The third-order valence-corrected chi connectivity index (χ3v) is 5.01. The lowest BCUT2D eigenvalue weighted by Crippen LogP contribution is -2.37. The molecular weight excluding hydrogens is 370 g/mol. The zero-order valence-corrected chi connectivity index (χ0v) is 15.2. The van der Waals surface area contributed by atoms with E-state index in [4.69, 9.17) is 4.42 Å². The van der Waals surface area contributed by atoms with Crippen LogP contribution in [0, 0.1) is 13.8 Å². The molecule has 10 heteroatoms. The molecule has 2 aromatic heterocycles. The van der Waals surface area contributed by atoms with E-state index in [1.807, 2.05) is 13.8 Å². The number of imide groups is 1. The Bertz CT molecular complexity index is 1050. The van der Waals surface area contributed by atoms with Crippen LogP contribution in [0.15, 0.2) is 28.7 Å². The molecule has 0 radical (unpaired) electrons. The van der Waals surface area contributed by atoms with Crippen LogP contribution in [0.5, 0.6) is 0 Å². The van der Waals surface area contributed by atoms with E-state index < -0.39 is 24.3 Å². The fraction of sp³-hybridized carbons (Fsp3) is 0.176. The summed E-state index contributed by atoms with van der Waals surface area (Å²) in [6.07, 6.45) is 0. The van der Waals surface area contributed by atoms with E-state index in [0.717, 1.165) is 20.5 Å². The third-order valence-electron chi connectivity index (χ3n) is 3.95. The van der Waals surface area contributed by atoms with E-state index >= 15 is 0 Å². The number of aryl methyl sites for hydroxylation is 2. The molecule has 136 valence electrons. The summed E-state index contributed by atoms with van der Waals surface area (Å²) in [6, 6.07) is 6.32. The van der Waals surface area contributed by atoms with Gasteiger partial charge in [-0.2, -0.15) is 0 Å². The molecule has 1 N–H and O–H groups in total. The number of carbonyl (C=O) groups excluding carboxylic acids is 3. The first kappa shape index (κ1) is 17.0. The first-order valence-electron chi connectivity index (χ1n) is 7.97. The molecule has 0 saturated heterocycles. The summed E-state index contributed by atoms with van der Waals surface area (Å²) < 4.78 is 5.44. The summed E-state index contributed by atoms with van der Waals surface area (Å²) in [4.78, 5) is 42.7. The van der Waals surface area contributed by atoms with Crippen molar-refractivity contribution in [2.75, 3.05) is 11.9 Å². The number of benzene rings is 1. The third kappa shape index (κ3) is 2.99. The summed E-state index contributed by atoms with van der Waals surface area (Å²) in [5.74, 6) is -1.38. The maximum absolute atomic E-state index is 12.3. The van der Waals surface area contributed by atoms with Crippen molar-refractivity contribution < 1.29 is 18.8 Å². The van der Waals surface area contributed by atoms with E-state index in [0.29, 0.717) is 0 Å². The van der Waals surface area contributed by atoms with Crippen molar-refractivity contribution in [3.05, 3.63) is 46.1 Å². The molecule has 1 aromatic carbocycles. The van der Waals surface area contributed by atoms with Crippen molar-refractivity contribution in [1.82, 2.24) is 20.1 Å². The van der Waals surface area contributed by atoms with Crippen molar-refractivity contribution in [3.8, 4) is 10.8 Å². The first-order valence-corrected chi connectivity index (χ1v) is 8.78. The predicted octanol–water partition coefficient (Wildman–Crippen LogP) is 2.04. The summed E-state index contributed by atoms with van der Waals surface area (Å²) in [5, 5.41) is 10.9. The fourth-order valence-electron chi connectivity index (χ4n) is 2.78. The highest BCUT2D eigenvalue weighted by Crippen LogP contribution is 2.29. The summed E-state index contributed by atoms with van der Waals surface area (Å²) in [6.45, 7) is 3.24. The number of amides is 3. The van der Waals surface area contributed by atoms with Gasteiger partial charge in [-0.15, -0.1) is 16.4 Å². The van der Waals surface area contributed by atoms with Crippen molar-refractivity contribution in [3.63, 3.8) is 0 Å². The average molecular weight is 383 g/mol. The highest BCUT2D eigenvalue weighted by atomic mass is 32.1. The Morgan fingerprint density at radius 2 is 1.81 bits per heavy atom. The monoisotopic (exact) mass is 383 g/mol. The van der Waals surface area contributed by atoms with Gasteiger partial charge >= 0.3 is 6.01 Å². The number of anilines is 1. The molecular formula is C17H13N5O4S. The van der Waals surface area contributed by atoms with Gasteiger partial charge in [0.15, 0.2) is 0 Å². The Morgan fingerprint density at radius 3 is 2.41 bits per heavy atom. The highest BCUT2D eigenvalue weighted by molar-refractivity contribution is 7.15. The second-order valence-corrected chi connectivity index (χ2v) is 7.05. The Balaban J connectivity index is 1.46. The van der Waals surface area contributed by atoms with Gasteiger partial charge in [-0.25, -0.2) is 4.98 Å². The molecule has 0 unspecified atom stereocenters. The number of rotatable bonds is 4. The molecule has 27 heavy (non-hydrogen) atoms. The number of hydrogen-bond acceptors (Lipinski definition) is 8. The number of carbonyl (C=O) groups is 3. The van der Waals surface area contributed by atoms with Crippen LogP contribution in [-0.2, 0) is 4.79 Å². The van der Waals surface area contributed by atoms with E-state index in [1.165, 1.54) is 11.3 Å². The van der Waals surface area contributed by atoms with Gasteiger partial charge in [0, 0.05) is 0 Å². The number of fused-ring (bicyclic) bond motifs is 1. The molecule has 0 spiro atoms. The number of nitrogens with zero attached hydrogens (tertiary/aromatic N) is 4. The van der Waals surface area contributed by atoms with Crippen LogP contribution in [0.2, 0.25) is 0 Å². The molecule has 3 aromatic rings. The summed E-state index contributed by atoms with van der Waals surface area (Å²) in [7, 11) is 0. The maximum Gasteiger partial charge on any atom is 0.322 e. The van der Waals surface area contributed by atoms with Gasteiger partial charge in [0.05, 0.1) is 21.8 Å². The lowest BCUT2D eigenvalue weighted by atomic mass is 10.1. The first-order chi connectivity index (χ1) is 12.9. The predicted molar refractivity (Wildman–Crippen MR) is 95.3 cm³/mol. The standard InChI is InChI=1S/C17H13N5O4S/c1-8-13(27-9(2)18-8)14-20-21-17(26-14)19-12(23)7-22-15(24)10-5-3-4-6-11(10)16(22)25/h3-6H,7H2,1-2H3,(H,19,21,23). The number of aromatic nitrogens is 3. The number of hydrogen-bond donors (Lipinski definition) is 1.